The molecule has 1 aromatic heterocycles. The van der Waals surface area contributed by atoms with Crippen molar-refractivity contribution in [3.63, 3.8) is 0 Å². The fraction of sp³-hybridized carbons (Fsp3) is 0.176. The number of carbonyl (C=O) groups excluding carboxylic acids is 1. The molecule has 3 rings (SSSR count). The Kier molecular flexibility index (Phi) is 4.32. The van der Waals surface area contributed by atoms with Crippen LogP contribution in [-0.2, 0) is 6.42 Å². The number of rotatable bonds is 5. The molecule has 0 saturated carbocycles. The highest BCUT2D eigenvalue weighted by Crippen LogP contribution is 2.12. The molecule has 0 aliphatic carbocycles. The number of benzene rings is 2. The van der Waals surface area contributed by atoms with Crippen molar-refractivity contribution in [2.75, 3.05) is 6.54 Å². The van der Waals surface area contributed by atoms with Crippen LogP contribution in [0.25, 0.3) is 11.0 Å². The number of nitrogens with zero attached hydrogens (tertiary/aromatic N) is 1. The maximum absolute atomic E-state index is 13.5. The Labute approximate surface area is 131 Å². The van der Waals surface area contributed by atoms with E-state index in [1.54, 1.807) is 0 Å². The fourth-order valence-corrected chi connectivity index (χ4v) is 2.38. The fourth-order valence-electron chi connectivity index (χ4n) is 2.38. The molecule has 1 heterocycles. The zero-order valence-electron chi connectivity index (χ0n) is 12.3. The summed E-state index contributed by atoms with van der Waals surface area (Å²) in [5, 5.41) is 2.52. The molecular weight excluding hydrogens is 300 g/mol. The number of hydrogen-bond donors (Lipinski definition) is 2. The number of aromatic nitrogens is 2. The molecular formula is C17H15F2N3O. The van der Waals surface area contributed by atoms with Gasteiger partial charge in [-0.15, -0.1) is 0 Å². The Hall–Kier alpha value is -2.76. The number of nitrogens with one attached hydrogen (secondary N) is 2. The molecule has 0 unspecified atom stereocenters. The molecule has 0 radical (unpaired) electrons. The topological polar surface area (TPSA) is 57.8 Å². The minimum absolute atomic E-state index is 0.309. The first-order chi connectivity index (χ1) is 11.1. The van der Waals surface area contributed by atoms with E-state index < -0.39 is 23.1 Å². The van der Waals surface area contributed by atoms with Crippen molar-refractivity contribution in [1.29, 1.82) is 0 Å². The number of fused-ring (bicyclic) bond motifs is 1. The predicted octanol–water partition coefficient (Wildman–Crippen LogP) is 3.20. The number of aryl methyl sites for hydroxylation is 1. The normalized spacial score (nSPS) is 10.9. The number of imidazole rings is 1. The third-order valence-electron chi connectivity index (χ3n) is 3.50. The summed E-state index contributed by atoms with van der Waals surface area (Å²) in [5.41, 5.74) is 1.30. The lowest BCUT2D eigenvalue weighted by atomic mass is 10.2. The number of halogens is 2. The summed E-state index contributed by atoms with van der Waals surface area (Å²) in [6, 6.07) is 11.0. The van der Waals surface area contributed by atoms with Crippen molar-refractivity contribution < 1.29 is 13.6 Å². The number of carbonyl (C=O) groups is 1. The van der Waals surface area contributed by atoms with E-state index in [9.17, 15) is 13.6 Å². The lowest BCUT2D eigenvalue weighted by Gasteiger charge is -2.06. The van der Waals surface area contributed by atoms with Gasteiger partial charge in [-0.05, 0) is 30.7 Å². The third-order valence-corrected chi connectivity index (χ3v) is 3.50. The third kappa shape index (κ3) is 3.36. The van der Waals surface area contributed by atoms with Crippen LogP contribution >= 0.6 is 0 Å². The molecule has 118 valence electrons. The molecule has 2 aromatic carbocycles. The van der Waals surface area contributed by atoms with Gasteiger partial charge in [-0.25, -0.2) is 13.8 Å². The van der Waals surface area contributed by atoms with Crippen molar-refractivity contribution >= 4 is 16.9 Å². The van der Waals surface area contributed by atoms with E-state index in [0.29, 0.717) is 19.4 Å². The second-order valence-corrected chi connectivity index (χ2v) is 5.16. The molecule has 4 nitrogen and oxygen atoms in total. The Balaban J connectivity index is 1.54. The minimum atomic E-state index is -0.861. The Morgan fingerprint density at radius 2 is 1.83 bits per heavy atom. The highest BCUT2D eigenvalue weighted by molar-refractivity contribution is 5.94. The molecule has 1 amide bonds. The van der Waals surface area contributed by atoms with Gasteiger partial charge in [0.2, 0.25) is 0 Å². The second kappa shape index (κ2) is 6.56. The van der Waals surface area contributed by atoms with Crippen LogP contribution in [0.15, 0.2) is 42.5 Å². The first-order valence-corrected chi connectivity index (χ1v) is 7.31. The highest BCUT2D eigenvalue weighted by atomic mass is 19.1. The lowest BCUT2D eigenvalue weighted by Crippen LogP contribution is -2.26. The molecule has 0 fully saturated rings. The van der Waals surface area contributed by atoms with Crippen LogP contribution in [0.4, 0.5) is 8.78 Å². The number of amides is 1. The van der Waals surface area contributed by atoms with Gasteiger partial charge in [-0.2, -0.15) is 0 Å². The summed E-state index contributed by atoms with van der Waals surface area (Å²) < 4.78 is 27.0. The molecule has 0 spiro atoms. The summed E-state index contributed by atoms with van der Waals surface area (Å²) in [7, 11) is 0. The molecule has 6 heteroatoms. The Morgan fingerprint density at radius 3 is 2.57 bits per heavy atom. The Morgan fingerprint density at radius 1 is 1.09 bits per heavy atom. The van der Waals surface area contributed by atoms with Crippen molar-refractivity contribution in [3.8, 4) is 0 Å². The van der Waals surface area contributed by atoms with Gasteiger partial charge in [0, 0.05) is 13.0 Å². The van der Waals surface area contributed by atoms with E-state index in [1.165, 1.54) is 6.07 Å². The van der Waals surface area contributed by atoms with E-state index in [1.807, 2.05) is 24.3 Å². The summed E-state index contributed by atoms with van der Waals surface area (Å²) in [5.74, 6) is -1.65. The smallest absolute Gasteiger partial charge is 0.257 e. The molecule has 0 aliphatic heterocycles. The number of hydrogen-bond acceptors (Lipinski definition) is 2. The van der Waals surface area contributed by atoms with Crippen LogP contribution in [0, 0.1) is 11.6 Å². The maximum atomic E-state index is 13.5. The van der Waals surface area contributed by atoms with E-state index in [-0.39, 0.29) is 0 Å². The zero-order chi connectivity index (χ0) is 16.2. The molecule has 0 saturated heterocycles. The summed E-state index contributed by atoms with van der Waals surface area (Å²) in [6.07, 6.45) is 1.25. The van der Waals surface area contributed by atoms with Crippen molar-refractivity contribution in [1.82, 2.24) is 15.3 Å². The average molecular weight is 315 g/mol. The maximum Gasteiger partial charge on any atom is 0.257 e. The van der Waals surface area contributed by atoms with Gasteiger partial charge in [0.05, 0.1) is 11.0 Å². The summed E-state index contributed by atoms with van der Waals surface area (Å²) in [6.45, 7) is 0.309. The van der Waals surface area contributed by atoms with E-state index >= 15 is 0 Å². The van der Waals surface area contributed by atoms with Crippen LogP contribution < -0.4 is 5.32 Å². The quantitative estimate of drug-likeness (QED) is 0.710. The van der Waals surface area contributed by atoms with Crippen LogP contribution in [-0.4, -0.2) is 22.4 Å². The lowest BCUT2D eigenvalue weighted by molar-refractivity contribution is 0.0944. The van der Waals surface area contributed by atoms with Gasteiger partial charge < -0.3 is 10.3 Å². The van der Waals surface area contributed by atoms with Crippen LogP contribution in [0.1, 0.15) is 22.6 Å². The van der Waals surface area contributed by atoms with Crippen molar-refractivity contribution in [3.05, 3.63) is 65.5 Å². The van der Waals surface area contributed by atoms with Crippen LogP contribution in [0.3, 0.4) is 0 Å². The molecule has 2 N–H and O–H groups in total. The van der Waals surface area contributed by atoms with Gasteiger partial charge in [0.25, 0.3) is 5.91 Å². The largest absolute Gasteiger partial charge is 0.352 e. The van der Waals surface area contributed by atoms with E-state index in [2.05, 4.69) is 15.3 Å². The second-order valence-electron chi connectivity index (χ2n) is 5.16. The SMILES string of the molecule is O=C(NCCCc1nc2ccccc2[nH]1)c1c(F)cccc1F. The molecule has 23 heavy (non-hydrogen) atoms. The monoisotopic (exact) mass is 315 g/mol. The molecule has 0 atom stereocenters. The van der Waals surface area contributed by atoms with Gasteiger partial charge in [-0.1, -0.05) is 18.2 Å². The Bertz CT molecular complexity index is 791. The van der Waals surface area contributed by atoms with Crippen LogP contribution in [0.2, 0.25) is 0 Å². The van der Waals surface area contributed by atoms with Crippen molar-refractivity contribution in [2.24, 2.45) is 0 Å². The number of H-pyrrole nitrogens is 1. The molecule has 3 aromatic rings. The minimum Gasteiger partial charge on any atom is -0.352 e. The van der Waals surface area contributed by atoms with Crippen LogP contribution in [0.5, 0.6) is 0 Å². The van der Waals surface area contributed by atoms with Gasteiger partial charge in [0.1, 0.15) is 23.0 Å². The van der Waals surface area contributed by atoms with Gasteiger partial charge in [-0.3, -0.25) is 4.79 Å². The van der Waals surface area contributed by atoms with E-state index in [0.717, 1.165) is 29.0 Å². The molecule has 0 bridgehead atoms. The predicted molar refractivity (Wildman–Crippen MR) is 83.1 cm³/mol. The first kappa shape index (κ1) is 15.1. The summed E-state index contributed by atoms with van der Waals surface area (Å²) in [4.78, 5) is 19.4. The van der Waals surface area contributed by atoms with Crippen molar-refractivity contribution in [2.45, 2.75) is 12.8 Å². The van der Waals surface area contributed by atoms with Gasteiger partial charge in [0.15, 0.2) is 0 Å². The van der Waals surface area contributed by atoms with Gasteiger partial charge >= 0.3 is 0 Å². The molecule has 0 aliphatic rings. The summed E-state index contributed by atoms with van der Waals surface area (Å²) >= 11 is 0. The average Bonchev–Trinajstić information content (AvgIpc) is 2.94. The zero-order valence-corrected chi connectivity index (χ0v) is 12.3. The number of para-hydroxylation sites is 2. The highest BCUT2D eigenvalue weighted by Gasteiger charge is 2.16. The first-order valence-electron chi connectivity index (χ1n) is 7.31. The standard InChI is InChI=1S/C17H15F2N3O/c18-11-5-3-6-12(19)16(11)17(23)20-10-4-9-15-21-13-7-1-2-8-14(13)22-15/h1-3,5-8H,4,9-10H2,(H,20,23)(H,21,22). The van der Waals surface area contributed by atoms with E-state index in [4.69, 9.17) is 0 Å². The number of aromatic amines is 1.